The SMILES string of the molecule is CC(C)(C)c1[c-]c2c(cc1C(C)(C)C)-c1cc(C(C)(C)C)c(C(C)(C)C)cc1C2.Cl.Cl.[C-]1=CC=CC1.[Hf+2]=[C](c1cccc2ccccc12)c1cccc2ccccc12. The van der Waals surface area contributed by atoms with Crippen LogP contribution in [0.1, 0.15) is 134 Å². The Hall–Kier alpha value is -3.36. The minimum atomic E-state index is 0. The molecule has 0 spiro atoms. The molecular weight excluding hydrogens is 910 g/mol. The Kier molecular flexibility index (Phi) is 15.1. The number of halogens is 2. The van der Waals surface area contributed by atoms with Crippen LogP contribution in [0.15, 0.2) is 121 Å². The van der Waals surface area contributed by atoms with E-state index in [1.54, 1.807) is 0 Å². The van der Waals surface area contributed by atoms with E-state index in [0.717, 1.165) is 36.7 Å². The fourth-order valence-electron chi connectivity index (χ4n) is 8.00. The first-order chi connectivity index (χ1) is 26.2. The van der Waals surface area contributed by atoms with Gasteiger partial charge in [0.15, 0.2) is 0 Å². The van der Waals surface area contributed by atoms with E-state index in [-0.39, 0.29) is 46.5 Å². The third kappa shape index (κ3) is 10.5. The average molecular weight is 972 g/mol. The van der Waals surface area contributed by atoms with Crippen LogP contribution < -0.4 is 0 Å². The zero-order valence-electron chi connectivity index (χ0n) is 36.8. The molecule has 3 heteroatoms. The molecule has 58 heavy (non-hydrogen) atoms. The van der Waals surface area contributed by atoms with Crippen LogP contribution in [-0.2, 0) is 52.0 Å². The Labute approximate surface area is 377 Å². The van der Waals surface area contributed by atoms with Gasteiger partial charge in [-0.05, 0) is 39.4 Å². The van der Waals surface area contributed by atoms with Gasteiger partial charge in [0.25, 0.3) is 0 Å². The van der Waals surface area contributed by atoms with Gasteiger partial charge in [0.2, 0.25) is 0 Å². The van der Waals surface area contributed by atoms with Gasteiger partial charge in [0, 0.05) is 0 Å². The van der Waals surface area contributed by atoms with Gasteiger partial charge >= 0.3 is 145 Å². The molecule has 0 saturated heterocycles. The Morgan fingerprint density at radius 1 is 0.534 bits per heavy atom. The van der Waals surface area contributed by atoms with E-state index in [2.05, 4.69) is 204 Å². The Morgan fingerprint density at radius 3 is 1.43 bits per heavy atom. The Balaban J connectivity index is 0.000000227. The molecule has 0 radical (unpaired) electrons. The van der Waals surface area contributed by atoms with Crippen LogP contribution in [0.5, 0.6) is 0 Å². The molecule has 6 aromatic carbocycles. The van der Waals surface area contributed by atoms with Crippen molar-refractivity contribution in [1.29, 1.82) is 0 Å². The molecule has 2 aliphatic carbocycles. The number of benzene rings is 6. The molecule has 0 heterocycles. The standard InChI is InChI=1S/C29H41.C21H14.C5H5.2ClH.Hf/c1-26(2,3)22-14-18-13-19-15-23(27(4,5)6)25(29(10,11)12)17-21(19)20(18)16-24(22)28(7,8)9;1-3-13-20-16(7-1)9-5-11-18(20)15-19-12-6-10-17-8-2-4-14-21(17)19;1-2-4-5-3-1;;;/h14,16-17H,13H2,1-12H3;1-14H;1-3H,4H2;2*1H;/q-1;;-1;;;+2. The number of hydrogen-bond acceptors (Lipinski definition) is 0. The Bertz CT molecular complexity index is 2290. The maximum absolute atomic E-state index is 3.90. The molecule has 300 valence electrons. The van der Waals surface area contributed by atoms with Gasteiger partial charge in [-0.1, -0.05) is 106 Å². The van der Waals surface area contributed by atoms with Gasteiger partial charge in [-0.15, -0.1) is 47.9 Å². The number of hydrogen-bond donors (Lipinski definition) is 0. The van der Waals surface area contributed by atoms with Crippen LogP contribution in [0, 0.1) is 12.1 Å². The van der Waals surface area contributed by atoms with E-state index >= 15 is 0 Å². The Morgan fingerprint density at radius 2 is 1.00 bits per heavy atom. The maximum atomic E-state index is 3.90. The predicted octanol–water partition coefficient (Wildman–Crippen LogP) is 15.5. The second kappa shape index (κ2) is 18.5. The van der Waals surface area contributed by atoms with Gasteiger partial charge in [0.05, 0.1) is 0 Å². The first kappa shape index (κ1) is 47.3. The van der Waals surface area contributed by atoms with Gasteiger partial charge in [-0.25, -0.2) is 12.2 Å². The third-order valence-electron chi connectivity index (χ3n) is 10.9. The molecule has 0 unspecified atom stereocenters. The van der Waals surface area contributed by atoms with E-state index in [0.29, 0.717) is 0 Å². The zero-order chi connectivity index (χ0) is 40.6. The summed E-state index contributed by atoms with van der Waals surface area (Å²) < 4.78 is 1.47. The minimum absolute atomic E-state index is 0. The molecule has 0 bridgehead atoms. The van der Waals surface area contributed by atoms with E-state index in [1.165, 1.54) is 80.4 Å². The summed E-state index contributed by atoms with van der Waals surface area (Å²) in [5, 5.41) is 5.33. The van der Waals surface area contributed by atoms with Crippen LogP contribution in [-0.4, -0.2) is 3.26 Å². The summed E-state index contributed by atoms with van der Waals surface area (Å²) in [4.78, 5) is 0. The number of fused-ring (bicyclic) bond motifs is 5. The molecular formula is C55H62Cl2Hf. The van der Waals surface area contributed by atoms with Crippen LogP contribution in [0.4, 0.5) is 0 Å². The predicted molar refractivity (Wildman–Crippen MR) is 255 cm³/mol. The molecule has 0 nitrogen and oxygen atoms in total. The molecule has 8 rings (SSSR count). The van der Waals surface area contributed by atoms with E-state index in [9.17, 15) is 0 Å². The van der Waals surface area contributed by atoms with E-state index in [1.807, 2.05) is 12.2 Å². The van der Waals surface area contributed by atoms with Crippen molar-refractivity contribution < 1.29 is 23.9 Å². The summed E-state index contributed by atoms with van der Waals surface area (Å²) in [5.41, 5.74) is 14.7. The molecule has 0 aliphatic heterocycles. The first-order valence-electron chi connectivity index (χ1n) is 20.3. The monoisotopic (exact) mass is 972 g/mol. The van der Waals surface area contributed by atoms with Gasteiger partial charge in [-0.3, -0.25) is 6.08 Å². The summed E-state index contributed by atoms with van der Waals surface area (Å²) in [6, 6.07) is 41.9. The van der Waals surface area contributed by atoms with E-state index < -0.39 is 0 Å². The van der Waals surface area contributed by atoms with Crippen molar-refractivity contribution in [3.63, 3.8) is 0 Å². The number of allylic oxidation sites excluding steroid dienone is 4. The van der Waals surface area contributed by atoms with Crippen molar-refractivity contribution in [2.75, 3.05) is 0 Å². The summed E-state index contributed by atoms with van der Waals surface area (Å²) in [6.07, 6.45) is 11.0. The molecule has 0 saturated carbocycles. The van der Waals surface area contributed by atoms with Crippen LogP contribution in [0.2, 0.25) is 0 Å². The van der Waals surface area contributed by atoms with Crippen molar-refractivity contribution in [2.45, 2.75) is 118 Å². The molecule has 6 aromatic rings. The molecule has 0 atom stereocenters. The van der Waals surface area contributed by atoms with E-state index in [4.69, 9.17) is 0 Å². The molecule has 0 amide bonds. The molecule has 0 N–H and O–H groups in total. The van der Waals surface area contributed by atoms with Crippen molar-refractivity contribution in [3.05, 3.63) is 178 Å². The van der Waals surface area contributed by atoms with Crippen molar-refractivity contribution in [1.82, 2.24) is 0 Å². The van der Waals surface area contributed by atoms with Crippen molar-refractivity contribution >= 4 is 49.6 Å². The normalized spacial score (nSPS) is 13.1. The summed E-state index contributed by atoms with van der Waals surface area (Å²) in [7, 11) is 0. The van der Waals surface area contributed by atoms with Crippen molar-refractivity contribution in [3.8, 4) is 11.1 Å². The molecule has 0 aromatic heterocycles. The topological polar surface area (TPSA) is 0 Å². The van der Waals surface area contributed by atoms with Crippen LogP contribution in [0.3, 0.4) is 0 Å². The van der Waals surface area contributed by atoms with Gasteiger partial charge < -0.3 is 0 Å². The quantitative estimate of drug-likeness (QED) is 0.120. The van der Waals surface area contributed by atoms with Crippen LogP contribution in [0.25, 0.3) is 32.7 Å². The molecule has 0 fully saturated rings. The fraction of sp³-hybridized carbons (Fsp3) is 0.327. The second-order valence-corrected chi connectivity index (χ2v) is 21.4. The van der Waals surface area contributed by atoms with Crippen molar-refractivity contribution in [2.24, 2.45) is 0 Å². The summed E-state index contributed by atoms with van der Waals surface area (Å²) in [5.74, 6) is 0. The first-order valence-corrected chi connectivity index (χ1v) is 22.1. The van der Waals surface area contributed by atoms with Gasteiger partial charge in [0.1, 0.15) is 0 Å². The average Bonchev–Trinajstić information content (AvgIpc) is 3.84. The van der Waals surface area contributed by atoms with Crippen LogP contribution >= 0.6 is 24.8 Å². The fourth-order valence-corrected chi connectivity index (χ4v) is 9.56. The summed E-state index contributed by atoms with van der Waals surface area (Å²) >= 11 is 1.02. The zero-order valence-corrected chi connectivity index (χ0v) is 42.0. The van der Waals surface area contributed by atoms with Gasteiger partial charge in [-0.2, -0.15) is 23.8 Å². The molecule has 2 aliphatic rings. The third-order valence-corrected chi connectivity index (χ3v) is 12.9. The summed E-state index contributed by atoms with van der Waals surface area (Å²) in [6.45, 7) is 28.0. The number of rotatable bonds is 2. The second-order valence-electron chi connectivity index (χ2n) is 19.6.